The molecular formula is C26H34NO2. The van der Waals surface area contributed by atoms with Crippen molar-refractivity contribution in [2.75, 3.05) is 13.1 Å². The summed E-state index contributed by atoms with van der Waals surface area (Å²) in [7, 11) is 0. The lowest BCUT2D eigenvalue weighted by Crippen LogP contribution is -2.30. The predicted molar refractivity (Wildman–Crippen MR) is 119 cm³/mol. The largest absolute Gasteiger partial charge is 0.490 e. The summed E-state index contributed by atoms with van der Waals surface area (Å²) in [6.07, 6.45) is 8.26. The molecule has 1 aliphatic carbocycles. The van der Waals surface area contributed by atoms with E-state index < -0.39 is 0 Å². The first-order chi connectivity index (χ1) is 13.9. The Labute approximate surface area is 175 Å². The van der Waals surface area contributed by atoms with Crippen molar-refractivity contribution in [3.05, 3.63) is 42.0 Å². The van der Waals surface area contributed by atoms with Gasteiger partial charge in [0, 0.05) is 24.4 Å². The molecule has 2 aromatic carbocycles. The fraction of sp³-hybridized carbons (Fsp3) is 0.577. The molecule has 1 unspecified atom stereocenters. The van der Waals surface area contributed by atoms with Crippen LogP contribution in [0.25, 0.3) is 10.8 Å². The van der Waals surface area contributed by atoms with Gasteiger partial charge in [-0.1, -0.05) is 45.0 Å². The minimum absolute atomic E-state index is 0.0869. The maximum absolute atomic E-state index is 10.9. The van der Waals surface area contributed by atoms with Gasteiger partial charge in [0.2, 0.25) is 6.29 Å². The topological polar surface area (TPSA) is 29.5 Å². The molecule has 1 heterocycles. The first-order valence-corrected chi connectivity index (χ1v) is 11.2. The molecule has 0 amide bonds. The molecule has 0 bridgehead atoms. The second-order valence-corrected chi connectivity index (χ2v) is 10.1. The normalized spacial score (nSPS) is 26.0. The second kappa shape index (κ2) is 8.47. The van der Waals surface area contributed by atoms with Crippen molar-refractivity contribution in [1.29, 1.82) is 0 Å². The highest BCUT2D eigenvalue weighted by atomic mass is 16.5. The van der Waals surface area contributed by atoms with Crippen LogP contribution in [-0.4, -0.2) is 30.4 Å². The molecule has 1 saturated heterocycles. The summed E-state index contributed by atoms with van der Waals surface area (Å²) in [6, 6.07) is 13.1. The quantitative estimate of drug-likeness (QED) is 0.648. The summed E-state index contributed by atoms with van der Waals surface area (Å²) in [5.74, 6) is 1.91. The highest BCUT2D eigenvalue weighted by Crippen LogP contribution is 2.39. The lowest BCUT2D eigenvalue weighted by Gasteiger charge is -2.37. The van der Waals surface area contributed by atoms with Crippen LogP contribution < -0.4 is 4.74 Å². The Kier molecular flexibility index (Phi) is 5.96. The van der Waals surface area contributed by atoms with E-state index in [2.05, 4.69) is 68.4 Å². The van der Waals surface area contributed by atoms with E-state index in [1.165, 1.54) is 29.2 Å². The van der Waals surface area contributed by atoms with Crippen molar-refractivity contribution >= 4 is 17.1 Å². The van der Waals surface area contributed by atoms with E-state index >= 15 is 0 Å². The molecule has 3 heteroatoms. The summed E-state index contributed by atoms with van der Waals surface area (Å²) in [4.78, 5) is 13.2. The molecule has 1 radical (unpaired) electrons. The van der Waals surface area contributed by atoms with Gasteiger partial charge in [0.1, 0.15) is 5.75 Å². The van der Waals surface area contributed by atoms with Crippen LogP contribution in [-0.2, 0) is 11.3 Å². The van der Waals surface area contributed by atoms with E-state index in [9.17, 15) is 4.79 Å². The Morgan fingerprint density at radius 2 is 1.86 bits per heavy atom. The minimum Gasteiger partial charge on any atom is -0.490 e. The number of rotatable bonds is 5. The van der Waals surface area contributed by atoms with Crippen LogP contribution in [0, 0.1) is 17.3 Å². The Hall–Kier alpha value is -1.87. The molecule has 29 heavy (non-hydrogen) atoms. The first-order valence-electron chi connectivity index (χ1n) is 11.2. The molecular weight excluding hydrogens is 358 g/mol. The van der Waals surface area contributed by atoms with Crippen LogP contribution in [0.15, 0.2) is 36.4 Å². The number of nitrogens with zero attached hydrogens (tertiary/aromatic N) is 1. The first kappa shape index (κ1) is 20.4. The molecule has 4 rings (SSSR count). The summed E-state index contributed by atoms with van der Waals surface area (Å²) in [6.45, 7) is 9.80. The zero-order chi connectivity index (χ0) is 20.4. The van der Waals surface area contributed by atoms with Gasteiger partial charge in [0.25, 0.3) is 0 Å². The van der Waals surface area contributed by atoms with Gasteiger partial charge in [-0.3, -0.25) is 9.69 Å². The van der Waals surface area contributed by atoms with Gasteiger partial charge >= 0.3 is 0 Å². The van der Waals surface area contributed by atoms with Gasteiger partial charge < -0.3 is 4.74 Å². The maximum atomic E-state index is 10.9. The highest BCUT2D eigenvalue weighted by molar-refractivity contribution is 5.88. The Morgan fingerprint density at radius 1 is 1.07 bits per heavy atom. The Bertz CT molecular complexity index is 845. The van der Waals surface area contributed by atoms with Crippen LogP contribution in [0.3, 0.4) is 0 Å². The average Bonchev–Trinajstić information content (AvgIpc) is 3.15. The van der Waals surface area contributed by atoms with E-state index in [1.54, 1.807) is 0 Å². The fourth-order valence-corrected chi connectivity index (χ4v) is 5.06. The van der Waals surface area contributed by atoms with E-state index in [1.807, 2.05) is 0 Å². The third-order valence-electron chi connectivity index (χ3n) is 6.94. The molecule has 2 aromatic rings. The number of carbonyl (C=O) groups excluding carboxylic acids is 1. The number of ether oxygens (including phenoxy) is 1. The lowest BCUT2D eigenvalue weighted by atomic mass is 9.72. The molecule has 1 atom stereocenters. The number of hydrogen-bond acceptors (Lipinski definition) is 3. The van der Waals surface area contributed by atoms with Crippen LogP contribution in [0.5, 0.6) is 5.75 Å². The lowest BCUT2D eigenvalue weighted by molar-refractivity contribution is 0.0892. The van der Waals surface area contributed by atoms with Crippen molar-refractivity contribution in [2.24, 2.45) is 17.3 Å². The van der Waals surface area contributed by atoms with Crippen LogP contribution >= 0.6 is 0 Å². The SMILES string of the molecule is CC(C)(C)[C@H]1CC[C@H](Oc2cccc3cc(CN4CCC([C]=O)C4)ccc23)CC1. The second-order valence-electron chi connectivity index (χ2n) is 10.1. The van der Waals surface area contributed by atoms with E-state index in [-0.39, 0.29) is 5.92 Å². The van der Waals surface area contributed by atoms with Gasteiger partial charge in [0.05, 0.1) is 6.10 Å². The monoisotopic (exact) mass is 392 g/mol. The standard InChI is InChI=1S/C26H34NO2/c1-26(2,3)22-8-10-23(11-9-22)29-25-6-4-5-21-15-19(7-12-24(21)25)16-27-14-13-20(17-27)18-28/h4-7,12,15,20,22-23H,8-11,13-14,16-17H2,1-3H3/t20?,22-,23-. The predicted octanol–water partition coefficient (Wildman–Crippen LogP) is 5.76. The number of likely N-dealkylation sites (tertiary alicyclic amines) is 1. The minimum atomic E-state index is 0.0869. The molecule has 2 aliphatic rings. The molecule has 3 nitrogen and oxygen atoms in total. The molecule has 2 fully saturated rings. The van der Waals surface area contributed by atoms with Crippen molar-refractivity contribution < 1.29 is 9.53 Å². The fourth-order valence-electron chi connectivity index (χ4n) is 5.06. The number of fused-ring (bicyclic) bond motifs is 1. The zero-order valence-electron chi connectivity index (χ0n) is 18.1. The van der Waals surface area contributed by atoms with Crippen molar-refractivity contribution in [3.63, 3.8) is 0 Å². The van der Waals surface area contributed by atoms with Gasteiger partial charge in [-0.25, -0.2) is 0 Å². The summed E-state index contributed by atoms with van der Waals surface area (Å²) >= 11 is 0. The van der Waals surface area contributed by atoms with Crippen LogP contribution in [0.2, 0.25) is 0 Å². The third-order valence-corrected chi connectivity index (χ3v) is 6.94. The van der Waals surface area contributed by atoms with E-state index in [4.69, 9.17) is 4.74 Å². The van der Waals surface area contributed by atoms with Crippen molar-refractivity contribution in [3.8, 4) is 5.75 Å². The zero-order valence-corrected chi connectivity index (χ0v) is 18.1. The van der Waals surface area contributed by atoms with Crippen molar-refractivity contribution in [1.82, 2.24) is 4.90 Å². The number of hydrogen-bond donors (Lipinski definition) is 0. The van der Waals surface area contributed by atoms with E-state index in [0.29, 0.717) is 11.5 Å². The molecule has 1 saturated carbocycles. The third kappa shape index (κ3) is 4.83. The smallest absolute Gasteiger partial charge is 0.203 e. The highest BCUT2D eigenvalue weighted by Gasteiger charge is 2.30. The summed E-state index contributed by atoms with van der Waals surface area (Å²) in [5.41, 5.74) is 1.70. The van der Waals surface area contributed by atoms with Gasteiger partial charge in [-0.2, -0.15) is 0 Å². The van der Waals surface area contributed by atoms with Crippen molar-refractivity contribution in [2.45, 2.75) is 65.5 Å². The van der Waals surface area contributed by atoms with Crippen LogP contribution in [0.1, 0.15) is 58.4 Å². The molecule has 0 N–H and O–H groups in total. The number of benzene rings is 2. The van der Waals surface area contributed by atoms with Gasteiger partial charge in [-0.15, -0.1) is 0 Å². The average molecular weight is 393 g/mol. The Balaban J connectivity index is 1.42. The van der Waals surface area contributed by atoms with Gasteiger partial charge in [0.15, 0.2) is 0 Å². The molecule has 0 spiro atoms. The van der Waals surface area contributed by atoms with Gasteiger partial charge in [-0.05, 0) is 73.1 Å². The summed E-state index contributed by atoms with van der Waals surface area (Å²) in [5, 5.41) is 2.44. The maximum Gasteiger partial charge on any atom is 0.203 e. The summed E-state index contributed by atoms with van der Waals surface area (Å²) < 4.78 is 6.48. The van der Waals surface area contributed by atoms with E-state index in [0.717, 1.165) is 50.6 Å². The molecule has 155 valence electrons. The Morgan fingerprint density at radius 3 is 2.55 bits per heavy atom. The molecule has 1 aliphatic heterocycles. The molecule has 0 aromatic heterocycles. The van der Waals surface area contributed by atoms with Crippen LogP contribution in [0.4, 0.5) is 0 Å².